The normalized spacial score (nSPS) is 17.3. The maximum Gasteiger partial charge on any atom is 0.251 e. The quantitative estimate of drug-likeness (QED) is 0.429. The summed E-state index contributed by atoms with van der Waals surface area (Å²) in [5.41, 5.74) is 14.9. The number of benzene rings is 2. The topological polar surface area (TPSA) is 95.1 Å². The zero-order valence-corrected chi connectivity index (χ0v) is 20.1. The third-order valence-corrected chi connectivity index (χ3v) is 7.04. The van der Waals surface area contributed by atoms with E-state index in [0.717, 1.165) is 39.1 Å². The number of hydrogen-bond donors (Lipinski definition) is 2. The van der Waals surface area contributed by atoms with Gasteiger partial charge in [0.15, 0.2) is 0 Å². The van der Waals surface area contributed by atoms with Crippen LogP contribution in [-0.2, 0) is 17.8 Å². The average molecular weight is 486 g/mol. The number of carbonyl (C=O) groups excluding carboxylic acids is 1. The molecule has 0 spiro atoms. The van der Waals surface area contributed by atoms with Gasteiger partial charge >= 0.3 is 0 Å². The predicted molar refractivity (Wildman–Crippen MR) is 133 cm³/mol. The highest BCUT2D eigenvalue weighted by Gasteiger charge is 2.43. The molecular weight excluding hydrogens is 462 g/mol. The van der Waals surface area contributed by atoms with E-state index in [1.165, 1.54) is 5.56 Å². The predicted octanol–water partition coefficient (Wildman–Crippen LogP) is 4.63. The highest BCUT2D eigenvalue weighted by Crippen LogP contribution is 2.54. The van der Waals surface area contributed by atoms with Crippen molar-refractivity contribution in [2.24, 2.45) is 0 Å². The number of aromatic nitrogens is 3. The summed E-state index contributed by atoms with van der Waals surface area (Å²) in [5.74, 6) is 0.358. The van der Waals surface area contributed by atoms with Crippen molar-refractivity contribution in [1.29, 1.82) is 0 Å². The van der Waals surface area contributed by atoms with Crippen LogP contribution in [0.4, 0.5) is 5.82 Å². The van der Waals surface area contributed by atoms with Gasteiger partial charge in [-0.3, -0.25) is 9.48 Å². The first-order chi connectivity index (χ1) is 16.9. The number of nitrogen functional groups attached to an aromatic ring is 1. The van der Waals surface area contributed by atoms with E-state index in [4.69, 9.17) is 22.1 Å². The van der Waals surface area contributed by atoms with Crippen molar-refractivity contribution in [3.05, 3.63) is 110 Å². The van der Waals surface area contributed by atoms with Crippen molar-refractivity contribution in [1.82, 2.24) is 20.1 Å². The Hall–Kier alpha value is -3.68. The summed E-state index contributed by atoms with van der Waals surface area (Å²) >= 11 is 6.00. The van der Waals surface area contributed by atoms with Crippen LogP contribution in [0.2, 0.25) is 5.02 Å². The van der Waals surface area contributed by atoms with Gasteiger partial charge in [0.25, 0.3) is 5.91 Å². The Morgan fingerprint density at radius 2 is 1.83 bits per heavy atom. The number of aryl methyl sites for hydroxylation is 2. The number of anilines is 1. The molecule has 8 heteroatoms. The largest absolute Gasteiger partial charge is 0.384 e. The SMILES string of the molecule is Cc1cc(N)nc(C)c1CNC(=O)c1ccc2c(c1)[C@@H]1O[C@H]2c2ccc(Cn3cc(Cl)cn3)cc21. The number of rotatable bonds is 5. The van der Waals surface area contributed by atoms with Crippen molar-refractivity contribution < 1.29 is 9.53 Å². The van der Waals surface area contributed by atoms with Gasteiger partial charge in [-0.1, -0.05) is 35.9 Å². The Balaban J connectivity index is 1.22. The lowest BCUT2D eigenvalue weighted by atomic mass is 9.84. The lowest BCUT2D eigenvalue weighted by molar-refractivity contribution is 0.0857. The zero-order valence-electron chi connectivity index (χ0n) is 19.4. The molecule has 176 valence electrons. The van der Waals surface area contributed by atoms with Crippen LogP contribution in [0.1, 0.15) is 67.2 Å². The molecular formula is C27H24ClN5O2. The minimum absolute atomic E-state index is 0.0959. The van der Waals surface area contributed by atoms with E-state index in [0.29, 0.717) is 29.5 Å². The summed E-state index contributed by atoms with van der Waals surface area (Å²) in [6.45, 7) is 4.90. The van der Waals surface area contributed by atoms with Crippen LogP contribution in [0.5, 0.6) is 0 Å². The number of nitrogens with zero attached hydrogens (tertiary/aromatic N) is 3. The summed E-state index contributed by atoms with van der Waals surface area (Å²) in [4.78, 5) is 17.3. The molecule has 2 aromatic heterocycles. The first-order valence-corrected chi connectivity index (χ1v) is 11.9. The summed E-state index contributed by atoms with van der Waals surface area (Å²) in [5, 5.41) is 7.92. The van der Waals surface area contributed by atoms with Gasteiger partial charge in [-0.05, 0) is 71.0 Å². The molecule has 3 N–H and O–H groups in total. The minimum Gasteiger partial charge on any atom is -0.384 e. The van der Waals surface area contributed by atoms with E-state index in [2.05, 4.69) is 33.6 Å². The number of nitrogens with two attached hydrogens (primary N) is 1. The number of carbonyl (C=O) groups is 1. The van der Waals surface area contributed by atoms with Crippen molar-refractivity contribution >= 4 is 23.3 Å². The van der Waals surface area contributed by atoms with Gasteiger partial charge in [0.05, 0.1) is 17.8 Å². The molecule has 2 aromatic carbocycles. The van der Waals surface area contributed by atoms with E-state index in [1.807, 2.05) is 42.8 Å². The van der Waals surface area contributed by atoms with Gasteiger partial charge in [0.2, 0.25) is 0 Å². The molecule has 4 aromatic rings. The molecule has 1 amide bonds. The molecule has 0 saturated heterocycles. The Labute approximate surface area is 207 Å². The fourth-order valence-corrected chi connectivity index (χ4v) is 5.33. The number of halogens is 1. The Bertz CT molecular complexity index is 1470. The van der Waals surface area contributed by atoms with E-state index in [-0.39, 0.29) is 18.1 Å². The third kappa shape index (κ3) is 3.77. The third-order valence-electron chi connectivity index (χ3n) is 6.85. The van der Waals surface area contributed by atoms with Crippen LogP contribution < -0.4 is 11.1 Å². The van der Waals surface area contributed by atoms with Crippen LogP contribution in [0.15, 0.2) is 54.9 Å². The maximum absolute atomic E-state index is 13.0. The van der Waals surface area contributed by atoms with Crippen LogP contribution >= 0.6 is 11.6 Å². The molecule has 2 atom stereocenters. The van der Waals surface area contributed by atoms with Crippen molar-refractivity contribution in [2.45, 2.75) is 39.1 Å². The standard InChI is InChI=1S/C27H24ClN5O2/c1-14-7-24(29)32-15(2)23(14)11-30-27(34)17-4-6-20-22(9-17)26-21-8-16(3-5-19(21)25(20)35-26)12-33-13-18(28)10-31-33/h3-10,13,25-26H,11-12H2,1-2H3,(H2,29,32)(H,30,34)/t25-,26+/m0/s1. The highest BCUT2D eigenvalue weighted by molar-refractivity contribution is 6.30. The lowest BCUT2D eigenvalue weighted by Gasteiger charge is -2.18. The number of amides is 1. The van der Waals surface area contributed by atoms with Crippen LogP contribution in [0.3, 0.4) is 0 Å². The number of fused-ring (bicyclic) bond motifs is 8. The molecule has 7 nitrogen and oxygen atoms in total. The van der Waals surface area contributed by atoms with Crippen LogP contribution in [0.25, 0.3) is 0 Å². The first kappa shape index (κ1) is 21.8. The second-order valence-electron chi connectivity index (χ2n) is 9.17. The monoisotopic (exact) mass is 485 g/mol. The molecule has 35 heavy (non-hydrogen) atoms. The van der Waals surface area contributed by atoms with Gasteiger partial charge in [-0.25, -0.2) is 4.98 Å². The van der Waals surface area contributed by atoms with Gasteiger partial charge in [-0.15, -0.1) is 0 Å². The Morgan fingerprint density at radius 3 is 2.57 bits per heavy atom. The molecule has 2 aliphatic heterocycles. The number of pyridine rings is 1. The Kier molecular flexibility index (Phi) is 5.12. The van der Waals surface area contributed by atoms with Crippen molar-refractivity contribution in [3.63, 3.8) is 0 Å². The number of nitrogens with one attached hydrogen (secondary N) is 1. The fourth-order valence-electron chi connectivity index (χ4n) is 5.17. The van der Waals surface area contributed by atoms with E-state index >= 15 is 0 Å². The van der Waals surface area contributed by atoms with Crippen molar-refractivity contribution in [3.8, 4) is 0 Å². The van der Waals surface area contributed by atoms with Crippen LogP contribution in [-0.4, -0.2) is 20.7 Å². The maximum atomic E-state index is 13.0. The second kappa shape index (κ2) is 8.22. The lowest BCUT2D eigenvalue weighted by Crippen LogP contribution is -2.24. The first-order valence-electron chi connectivity index (χ1n) is 11.5. The minimum atomic E-state index is -0.176. The average Bonchev–Trinajstić information content (AvgIpc) is 3.51. The molecule has 0 saturated carbocycles. The van der Waals surface area contributed by atoms with Crippen molar-refractivity contribution in [2.75, 3.05) is 5.73 Å². The molecule has 2 bridgehead atoms. The molecule has 0 aliphatic carbocycles. The summed E-state index contributed by atoms with van der Waals surface area (Å²) in [6, 6.07) is 14.1. The second-order valence-corrected chi connectivity index (χ2v) is 9.61. The van der Waals surface area contributed by atoms with Gasteiger partial charge < -0.3 is 15.8 Å². The summed E-state index contributed by atoms with van der Waals surface area (Å²) in [6.07, 6.45) is 3.17. The van der Waals surface area contributed by atoms with E-state index < -0.39 is 0 Å². The zero-order chi connectivity index (χ0) is 24.3. The van der Waals surface area contributed by atoms with Gasteiger partial charge in [0, 0.05) is 24.0 Å². The number of ether oxygens (including phenoxy) is 1. The molecule has 2 aliphatic rings. The smallest absolute Gasteiger partial charge is 0.251 e. The Morgan fingerprint density at radius 1 is 1.09 bits per heavy atom. The van der Waals surface area contributed by atoms with E-state index in [1.54, 1.807) is 12.4 Å². The van der Waals surface area contributed by atoms with E-state index in [9.17, 15) is 4.79 Å². The van der Waals surface area contributed by atoms with Crippen LogP contribution in [0, 0.1) is 13.8 Å². The molecule has 0 fully saturated rings. The molecule has 6 rings (SSSR count). The van der Waals surface area contributed by atoms with Gasteiger partial charge in [-0.2, -0.15) is 5.10 Å². The summed E-state index contributed by atoms with van der Waals surface area (Å²) in [7, 11) is 0. The molecule has 0 unspecified atom stereocenters. The molecule has 0 radical (unpaired) electrons. The van der Waals surface area contributed by atoms with Gasteiger partial charge in [0.1, 0.15) is 18.0 Å². The number of hydrogen-bond acceptors (Lipinski definition) is 5. The highest BCUT2D eigenvalue weighted by atomic mass is 35.5. The molecule has 4 heterocycles. The fraction of sp³-hybridized carbons (Fsp3) is 0.222. The summed E-state index contributed by atoms with van der Waals surface area (Å²) < 4.78 is 8.15.